The Balaban J connectivity index is 1.65. The van der Waals surface area contributed by atoms with Gasteiger partial charge in [-0.2, -0.15) is 0 Å². The molecule has 2 rings (SSSR count). The maximum absolute atomic E-state index is 12.1. The Morgan fingerprint density at radius 3 is 2.43 bits per heavy atom. The molecule has 8 heteroatoms. The lowest BCUT2D eigenvalue weighted by Gasteiger charge is -2.24. The summed E-state index contributed by atoms with van der Waals surface area (Å²) in [5.74, 6) is 0.0624. The fourth-order valence-corrected chi connectivity index (χ4v) is 5.00. The van der Waals surface area contributed by atoms with Crippen LogP contribution in [0.3, 0.4) is 0 Å². The number of hydrogen-bond acceptors (Lipinski definition) is 4. The molecule has 2 N–H and O–H groups in total. The molecule has 7 nitrogen and oxygen atoms in total. The number of rotatable bonds is 5. The molecule has 0 radical (unpaired) electrons. The van der Waals surface area contributed by atoms with Crippen LogP contribution in [-0.2, 0) is 14.6 Å². The Hall–Kier alpha value is -1.31. The monoisotopic (exact) mass is 345 g/mol. The molecule has 0 unspecified atom stereocenters. The molecule has 1 saturated carbocycles. The molecule has 23 heavy (non-hydrogen) atoms. The van der Waals surface area contributed by atoms with Crippen molar-refractivity contribution in [3.8, 4) is 0 Å². The van der Waals surface area contributed by atoms with Gasteiger partial charge in [0.2, 0.25) is 5.91 Å². The molecule has 2 fully saturated rings. The van der Waals surface area contributed by atoms with E-state index in [0.29, 0.717) is 6.42 Å². The van der Waals surface area contributed by atoms with E-state index >= 15 is 0 Å². The van der Waals surface area contributed by atoms with Crippen LogP contribution in [0, 0.1) is 0 Å². The normalized spacial score (nSPS) is 24.1. The zero-order valence-corrected chi connectivity index (χ0v) is 14.5. The molecule has 1 aliphatic heterocycles. The molecule has 0 bridgehead atoms. The van der Waals surface area contributed by atoms with Gasteiger partial charge in [-0.05, 0) is 19.3 Å². The van der Waals surface area contributed by atoms with Gasteiger partial charge in [-0.3, -0.25) is 4.79 Å². The number of amides is 3. The first kappa shape index (κ1) is 18.0. The SMILES string of the molecule is CN(C(=O)CCNC(=O)NC1CCCCC1)[C@@H]1CCS(=O)(=O)C1. The summed E-state index contributed by atoms with van der Waals surface area (Å²) < 4.78 is 22.9. The number of urea groups is 1. The molecule has 1 aliphatic carbocycles. The average molecular weight is 345 g/mol. The topological polar surface area (TPSA) is 95.6 Å². The Morgan fingerprint density at radius 2 is 1.83 bits per heavy atom. The summed E-state index contributed by atoms with van der Waals surface area (Å²) >= 11 is 0. The van der Waals surface area contributed by atoms with Crippen LogP contribution in [0.15, 0.2) is 0 Å². The summed E-state index contributed by atoms with van der Waals surface area (Å²) in [6.07, 6.45) is 6.26. The first-order valence-corrected chi connectivity index (χ1v) is 10.2. The van der Waals surface area contributed by atoms with Gasteiger partial charge in [0.15, 0.2) is 9.84 Å². The minimum atomic E-state index is -3.00. The van der Waals surface area contributed by atoms with Crippen LogP contribution >= 0.6 is 0 Å². The molecular formula is C15H27N3O4S. The third-order valence-electron chi connectivity index (χ3n) is 4.71. The largest absolute Gasteiger partial charge is 0.342 e. The van der Waals surface area contributed by atoms with Gasteiger partial charge in [0.05, 0.1) is 11.5 Å². The van der Waals surface area contributed by atoms with Crippen LogP contribution in [0.5, 0.6) is 0 Å². The zero-order chi connectivity index (χ0) is 16.9. The highest BCUT2D eigenvalue weighted by Gasteiger charge is 2.32. The van der Waals surface area contributed by atoms with Crippen LogP contribution in [0.1, 0.15) is 44.9 Å². The fraction of sp³-hybridized carbons (Fsp3) is 0.867. The second-order valence-electron chi connectivity index (χ2n) is 6.55. The number of hydrogen-bond donors (Lipinski definition) is 2. The highest BCUT2D eigenvalue weighted by atomic mass is 32.2. The summed E-state index contributed by atoms with van der Waals surface area (Å²) in [5, 5.41) is 5.64. The Bertz CT molecular complexity index is 529. The first-order chi connectivity index (χ1) is 10.9. The second kappa shape index (κ2) is 7.99. The third kappa shape index (κ3) is 5.67. The van der Waals surface area contributed by atoms with E-state index in [0.717, 1.165) is 25.7 Å². The Kier molecular flexibility index (Phi) is 6.26. The Labute approximate surface area is 138 Å². The molecule has 0 spiro atoms. The summed E-state index contributed by atoms with van der Waals surface area (Å²) in [6, 6.07) is -0.217. The molecule has 0 aromatic carbocycles. The number of carbonyl (C=O) groups is 2. The van der Waals surface area contributed by atoms with Crippen molar-refractivity contribution in [2.24, 2.45) is 0 Å². The maximum atomic E-state index is 12.1. The van der Waals surface area contributed by atoms with E-state index in [1.165, 1.54) is 11.3 Å². The molecule has 2 aliphatic rings. The van der Waals surface area contributed by atoms with E-state index in [9.17, 15) is 18.0 Å². The van der Waals surface area contributed by atoms with Crippen molar-refractivity contribution < 1.29 is 18.0 Å². The smallest absolute Gasteiger partial charge is 0.315 e. The maximum Gasteiger partial charge on any atom is 0.315 e. The van der Waals surface area contributed by atoms with Crippen LogP contribution in [-0.4, -0.2) is 62.4 Å². The zero-order valence-electron chi connectivity index (χ0n) is 13.7. The summed E-state index contributed by atoms with van der Waals surface area (Å²) in [5.41, 5.74) is 0. The van der Waals surface area contributed by atoms with Gasteiger partial charge < -0.3 is 15.5 Å². The predicted octanol–water partition coefficient (Wildman–Crippen LogP) is 0.654. The third-order valence-corrected chi connectivity index (χ3v) is 6.46. The highest BCUT2D eigenvalue weighted by molar-refractivity contribution is 7.91. The summed E-state index contributed by atoms with van der Waals surface area (Å²) in [6.45, 7) is 0.265. The fourth-order valence-electron chi connectivity index (χ4n) is 3.23. The van der Waals surface area contributed by atoms with E-state index in [4.69, 9.17) is 0 Å². The highest BCUT2D eigenvalue weighted by Crippen LogP contribution is 2.18. The van der Waals surface area contributed by atoms with Crippen molar-refractivity contribution in [3.05, 3.63) is 0 Å². The summed E-state index contributed by atoms with van der Waals surface area (Å²) in [7, 11) is -1.36. The van der Waals surface area contributed by atoms with Crippen molar-refractivity contribution in [1.82, 2.24) is 15.5 Å². The van der Waals surface area contributed by atoms with Gasteiger partial charge in [-0.15, -0.1) is 0 Å². The number of sulfone groups is 1. The molecule has 0 aromatic heterocycles. The molecule has 1 heterocycles. The lowest BCUT2D eigenvalue weighted by Crippen LogP contribution is -2.44. The summed E-state index contributed by atoms with van der Waals surface area (Å²) in [4.78, 5) is 25.4. The van der Waals surface area contributed by atoms with Gasteiger partial charge in [0.1, 0.15) is 0 Å². The molecule has 132 valence electrons. The van der Waals surface area contributed by atoms with Crippen molar-refractivity contribution in [3.63, 3.8) is 0 Å². The van der Waals surface area contributed by atoms with E-state index in [-0.39, 0.29) is 48.5 Å². The van der Waals surface area contributed by atoms with E-state index in [1.807, 2.05) is 0 Å². The minimum Gasteiger partial charge on any atom is -0.342 e. The van der Waals surface area contributed by atoms with Crippen molar-refractivity contribution in [2.45, 2.75) is 57.0 Å². The molecule has 0 aromatic rings. The number of nitrogens with zero attached hydrogens (tertiary/aromatic N) is 1. The Morgan fingerprint density at radius 1 is 1.13 bits per heavy atom. The quantitative estimate of drug-likeness (QED) is 0.765. The van der Waals surface area contributed by atoms with E-state index in [1.54, 1.807) is 7.05 Å². The average Bonchev–Trinajstić information content (AvgIpc) is 2.87. The second-order valence-corrected chi connectivity index (χ2v) is 8.78. The predicted molar refractivity (Wildman–Crippen MR) is 87.9 cm³/mol. The molecule has 1 atom stereocenters. The molecule has 3 amide bonds. The van der Waals surface area contributed by atoms with Crippen molar-refractivity contribution in [2.75, 3.05) is 25.1 Å². The standard InChI is InChI=1S/C15H27N3O4S/c1-18(13-8-10-23(21,22)11-13)14(19)7-9-16-15(20)17-12-5-3-2-4-6-12/h12-13H,2-11H2,1H3,(H2,16,17,20)/t13-/m1/s1. The lowest BCUT2D eigenvalue weighted by molar-refractivity contribution is -0.131. The van der Waals surface area contributed by atoms with E-state index in [2.05, 4.69) is 10.6 Å². The van der Waals surface area contributed by atoms with Gasteiger partial charge in [0, 0.05) is 32.1 Å². The number of nitrogens with one attached hydrogen (secondary N) is 2. The van der Waals surface area contributed by atoms with E-state index < -0.39 is 9.84 Å². The van der Waals surface area contributed by atoms with Crippen LogP contribution in [0.2, 0.25) is 0 Å². The van der Waals surface area contributed by atoms with Gasteiger partial charge in [-0.25, -0.2) is 13.2 Å². The number of carbonyl (C=O) groups excluding carboxylic acids is 2. The van der Waals surface area contributed by atoms with Crippen molar-refractivity contribution >= 4 is 21.8 Å². The van der Waals surface area contributed by atoms with Crippen LogP contribution in [0.25, 0.3) is 0 Å². The minimum absolute atomic E-state index is 0.0465. The first-order valence-electron chi connectivity index (χ1n) is 8.38. The van der Waals surface area contributed by atoms with Gasteiger partial charge >= 0.3 is 6.03 Å². The van der Waals surface area contributed by atoms with Gasteiger partial charge in [-0.1, -0.05) is 19.3 Å². The molecule has 1 saturated heterocycles. The van der Waals surface area contributed by atoms with Crippen molar-refractivity contribution in [1.29, 1.82) is 0 Å². The van der Waals surface area contributed by atoms with Gasteiger partial charge in [0.25, 0.3) is 0 Å². The van der Waals surface area contributed by atoms with Crippen LogP contribution in [0.4, 0.5) is 4.79 Å². The van der Waals surface area contributed by atoms with Crippen LogP contribution < -0.4 is 10.6 Å². The molecular weight excluding hydrogens is 318 g/mol. The lowest BCUT2D eigenvalue weighted by atomic mass is 9.96.